The van der Waals surface area contributed by atoms with Crippen LogP contribution in [0.15, 0.2) is 35.7 Å². The van der Waals surface area contributed by atoms with Gasteiger partial charge in [-0.2, -0.15) is 4.31 Å². The number of carbonyl (C=O) groups is 1. The fraction of sp³-hybridized carbons (Fsp3) is 0.545. The van der Waals surface area contributed by atoms with Crippen LogP contribution < -0.4 is 14.8 Å². The molecule has 1 N–H and O–H groups in total. The van der Waals surface area contributed by atoms with Gasteiger partial charge in [-0.25, -0.2) is 13.4 Å². The standard InChI is InChI=1S/C22H32N4O5S/c1-5-30-18-7-8-20(31-6-2)19(13-18)24-22(27)17-9-11-26(12-10-17)32(28,29)21-14-25(15-23-21)16(3)4/h7-8,13-17H,5-6,9-12H2,1-4H3,(H,24,27). The van der Waals surface area contributed by atoms with Gasteiger partial charge in [0.1, 0.15) is 11.5 Å². The summed E-state index contributed by atoms with van der Waals surface area (Å²) in [7, 11) is -3.68. The second kappa shape index (κ2) is 10.4. The molecular weight excluding hydrogens is 432 g/mol. The molecule has 1 amide bonds. The molecule has 1 aromatic carbocycles. The van der Waals surface area contributed by atoms with Gasteiger partial charge in [0, 0.05) is 37.3 Å². The van der Waals surface area contributed by atoms with Gasteiger partial charge in [0.05, 0.1) is 25.2 Å². The molecule has 3 rings (SSSR count). The van der Waals surface area contributed by atoms with Crippen LogP contribution in [0, 0.1) is 5.92 Å². The third kappa shape index (κ3) is 5.42. The molecule has 2 heterocycles. The van der Waals surface area contributed by atoms with Crippen molar-refractivity contribution >= 4 is 21.6 Å². The molecule has 0 spiro atoms. The average molecular weight is 465 g/mol. The monoisotopic (exact) mass is 464 g/mol. The average Bonchev–Trinajstić information content (AvgIpc) is 3.28. The van der Waals surface area contributed by atoms with E-state index in [9.17, 15) is 13.2 Å². The van der Waals surface area contributed by atoms with E-state index in [2.05, 4.69) is 10.3 Å². The SMILES string of the molecule is CCOc1ccc(OCC)c(NC(=O)C2CCN(S(=O)(=O)c3cn(C(C)C)cn3)CC2)c1. The molecule has 32 heavy (non-hydrogen) atoms. The molecule has 176 valence electrons. The Morgan fingerprint density at radius 3 is 2.47 bits per heavy atom. The summed E-state index contributed by atoms with van der Waals surface area (Å²) in [5.74, 6) is 0.777. The Labute approximate surface area is 189 Å². The molecule has 0 atom stereocenters. The van der Waals surface area contributed by atoms with Gasteiger partial charge in [-0.15, -0.1) is 0 Å². The Bertz CT molecular complexity index is 1030. The number of aromatic nitrogens is 2. The van der Waals surface area contributed by atoms with E-state index in [0.29, 0.717) is 43.2 Å². The van der Waals surface area contributed by atoms with Crippen LogP contribution in [0.3, 0.4) is 0 Å². The van der Waals surface area contributed by atoms with Crippen molar-refractivity contribution in [3.05, 3.63) is 30.7 Å². The van der Waals surface area contributed by atoms with Crippen LogP contribution in [-0.2, 0) is 14.8 Å². The van der Waals surface area contributed by atoms with Crippen LogP contribution in [0.2, 0.25) is 0 Å². The number of nitrogens with one attached hydrogen (secondary N) is 1. The lowest BCUT2D eigenvalue weighted by molar-refractivity contribution is -0.120. The van der Waals surface area contributed by atoms with E-state index in [0.717, 1.165) is 0 Å². The maximum absolute atomic E-state index is 12.9. The summed E-state index contributed by atoms with van der Waals surface area (Å²) >= 11 is 0. The summed E-state index contributed by atoms with van der Waals surface area (Å²) in [6.07, 6.45) is 3.96. The molecule has 2 aromatic rings. The summed E-state index contributed by atoms with van der Waals surface area (Å²) < 4.78 is 40.2. The number of imidazole rings is 1. The number of carbonyl (C=O) groups excluding carboxylic acids is 1. The molecular formula is C22H32N4O5S. The first-order chi connectivity index (χ1) is 15.3. The maximum Gasteiger partial charge on any atom is 0.262 e. The van der Waals surface area contributed by atoms with Crippen molar-refractivity contribution in [2.75, 3.05) is 31.6 Å². The number of amides is 1. The molecule has 1 saturated heterocycles. The van der Waals surface area contributed by atoms with Crippen LogP contribution in [0.4, 0.5) is 5.69 Å². The van der Waals surface area contributed by atoms with Gasteiger partial charge in [0.2, 0.25) is 5.91 Å². The minimum absolute atomic E-state index is 0.0446. The fourth-order valence-electron chi connectivity index (χ4n) is 3.60. The van der Waals surface area contributed by atoms with Crippen molar-refractivity contribution in [1.82, 2.24) is 13.9 Å². The van der Waals surface area contributed by atoms with E-state index >= 15 is 0 Å². The van der Waals surface area contributed by atoms with Crippen molar-refractivity contribution in [2.24, 2.45) is 5.92 Å². The second-order valence-electron chi connectivity index (χ2n) is 7.94. The van der Waals surface area contributed by atoms with Crippen molar-refractivity contribution in [3.63, 3.8) is 0 Å². The normalized spacial score (nSPS) is 15.7. The first-order valence-electron chi connectivity index (χ1n) is 11.0. The minimum atomic E-state index is -3.68. The third-order valence-corrected chi connectivity index (χ3v) is 7.21. The predicted octanol–water partition coefficient (Wildman–Crippen LogP) is 3.30. The first-order valence-corrected chi connectivity index (χ1v) is 12.4. The molecule has 1 fully saturated rings. The third-order valence-electron chi connectivity index (χ3n) is 5.42. The number of ether oxygens (including phenoxy) is 2. The number of anilines is 1. The van der Waals surface area contributed by atoms with E-state index in [-0.39, 0.29) is 36.0 Å². The maximum atomic E-state index is 12.9. The molecule has 1 aromatic heterocycles. The summed E-state index contributed by atoms with van der Waals surface area (Å²) in [6.45, 7) is 9.22. The second-order valence-corrected chi connectivity index (χ2v) is 9.83. The van der Waals surface area contributed by atoms with Gasteiger partial charge in [-0.3, -0.25) is 4.79 Å². The highest BCUT2D eigenvalue weighted by atomic mass is 32.2. The number of benzene rings is 1. The van der Waals surface area contributed by atoms with E-state index in [4.69, 9.17) is 9.47 Å². The van der Waals surface area contributed by atoms with Gasteiger partial charge in [0.15, 0.2) is 5.03 Å². The zero-order valence-corrected chi connectivity index (χ0v) is 19.9. The van der Waals surface area contributed by atoms with Gasteiger partial charge in [0.25, 0.3) is 10.0 Å². The fourth-order valence-corrected chi connectivity index (χ4v) is 4.99. The molecule has 0 radical (unpaired) electrons. The van der Waals surface area contributed by atoms with Gasteiger partial charge in [-0.05, 0) is 52.7 Å². The van der Waals surface area contributed by atoms with E-state index in [1.54, 1.807) is 29.0 Å². The molecule has 1 aliphatic heterocycles. The topological polar surface area (TPSA) is 103 Å². The van der Waals surface area contributed by atoms with Crippen molar-refractivity contribution < 1.29 is 22.7 Å². The van der Waals surface area contributed by atoms with Crippen molar-refractivity contribution in [1.29, 1.82) is 0 Å². The molecule has 0 unspecified atom stereocenters. The minimum Gasteiger partial charge on any atom is -0.494 e. The molecule has 10 heteroatoms. The van der Waals surface area contributed by atoms with Crippen molar-refractivity contribution in [2.45, 2.75) is 51.6 Å². The summed E-state index contributed by atoms with van der Waals surface area (Å²) in [5, 5.41) is 2.98. The lowest BCUT2D eigenvalue weighted by Gasteiger charge is -2.30. The number of hydrogen-bond donors (Lipinski definition) is 1. The summed E-state index contributed by atoms with van der Waals surface area (Å²) in [6, 6.07) is 5.45. The number of sulfonamides is 1. The Hall–Kier alpha value is -2.59. The number of rotatable bonds is 9. The van der Waals surface area contributed by atoms with Crippen LogP contribution >= 0.6 is 0 Å². The van der Waals surface area contributed by atoms with Crippen LogP contribution in [0.25, 0.3) is 0 Å². The molecule has 9 nitrogen and oxygen atoms in total. The van der Waals surface area contributed by atoms with Crippen LogP contribution in [0.5, 0.6) is 11.5 Å². The van der Waals surface area contributed by atoms with Gasteiger partial charge in [-0.1, -0.05) is 0 Å². The lowest BCUT2D eigenvalue weighted by Crippen LogP contribution is -2.41. The Balaban J connectivity index is 1.65. The highest BCUT2D eigenvalue weighted by Crippen LogP contribution is 2.31. The lowest BCUT2D eigenvalue weighted by atomic mass is 9.97. The first kappa shape index (κ1) is 24.1. The Kier molecular flexibility index (Phi) is 7.78. The molecule has 0 aliphatic carbocycles. The largest absolute Gasteiger partial charge is 0.494 e. The number of piperidine rings is 1. The van der Waals surface area contributed by atoms with Crippen LogP contribution in [-0.4, -0.2) is 54.5 Å². The zero-order valence-electron chi connectivity index (χ0n) is 19.1. The molecule has 0 bridgehead atoms. The predicted molar refractivity (Wildman–Crippen MR) is 122 cm³/mol. The van der Waals surface area contributed by atoms with E-state index in [1.165, 1.54) is 10.6 Å². The number of hydrogen-bond acceptors (Lipinski definition) is 6. The Morgan fingerprint density at radius 1 is 1.19 bits per heavy atom. The highest BCUT2D eigenvalue weighted by molar-refractivity contribution is 7.89. The molecule has 1 aliphatic rings. The quantitative estimate of drug-likeness (QED) is 0.611. The highest BCUT2D eigenvalue weighted by Gasteiger charge is 2.33. The van der Waals surface area contributed by atoms with E-state index < -0.39 is 10.0 Å². The summed E-state index contributed by atoms with van der Waals surface area (Å²) in [5.41, 5.74) is 0.553. The zero-order chi connectivity index (χ0) is 23.3. The van der Waals surface area contributed by atoms with Gasteiger partial charge < -0.3 is 19.4 Å². The van der Waals surface area contributed by atoms with Crippen molar-refractivity contribution in [3.8, 4) is 11.5 Å². The molecule has 0 saturated carbocycles. The number of nitrogens with zero attached hydrogens (tertiary/aromatic N) is 3. The van der Waals surface area contributed by atoms with Crippen LogP contribution in [0.1, 0.15) is 46.6 Å². The Morgan fingerprint density at radius 2 is 1.88 bits per heavy atom. The van der Waals surface area contributed by atoms with E-state index in [1.807, 2.05) is 27.7 Å². The smallest absolute Gasteiger partial charge is 0.262 e. The summed E-state index contributed by atoms with van der Waals surface area (Å²) in [4.78, 5) is 17.0. The van der Waals surface area contributed by atoms with Gasteiger partial charge >= 0.3 is 0 Å².